The highest BCUT2D eigenvalue weighted by atomic mass is 127. The molecule has 0 saturated carbocycles. The number of carbonyl (C=O) groups excluding carboxylic acids is 1. The lowest BCUT2D eigenvalue weighted by Crippen LogP contribution is -2.36. The molecule has 114 valence electrons. The molecule has 0 bridgehead atoms. The standard InChI is InChI=1S/C16H20INO3/c1-16(15(20)21)11-18(14(19)13(16)7-9-17)10-8-12-5-3-2-4-6-12/h2-6,13H,7-11H2,1H3,(H,20,21)/t13?,16-/m1/s1. The second-order valence-electron chi connectivity index (χ2n) is 5.75. The van der Waals surface area contributed by atoms with Crippen molar-refractivity contribution in [3.8, 4) is 0 Å². The minimum absolute atomic E-state index is 0.00695. The molecule has 2 rings (SSSR count). The Balaban J connectivity index is 2.08. The normalized spacial score (nSPS) is 25.3. The number of alkyl halides is 1. The van der Waals surface area contributed by atoms with E-state index in [1.807, 2.05) is 30.3 Å². The Bertz CT molecular complexity index is 520. The van der Waals surface area contributed by atoms with E-state index < -0.39 is 17.3 Å². The number of likely N-dealkylation sites (tertiary alicyclic amines) is 1. The van der Waals surface area contributed by atoms with Gasteiger partial charge in [0.2, 0.25) is 5.91 Å². The summed E-state index contributed by atoms with van der Waals surface area (Å²) < 4.78 is 0.795. The lowest BCUT2D eigenvalue weighted by atomic mass is 9.78. The number of hydrogen-bond acceptors (Lipinski definition) is 2. The maximum atomic E-state index is 12.5. The maximum absolute atomic E-state index is 12.5. The Kier molecular flexibility index (Phi) is 5.24. The zero-order valence-corrected chi connectivity index (χ0v) is 14.2. The molecule has 1 aromatic carbocycles. The van der Waals surface area contributed by atoms with Gasteiger partial charge < -0.3 is 10.0 Å². The fourth-order valence-corrected chi connectivity index (χ4v) is 3.57. The number of rotatable bonds is 6. The Morgan fingerprint density at radius 3 is 2.67 bits per heavy atom. The van der Waals surface area contributed by atoms with Crippen LogP contribution < -0.4 is 0 Å². The highest BCUT2D eigenvalue weighted by Crippen LogP contribution is 2.39. The second-order valence-corrected chi connectivity index (χ2v) is 6.83. The lowest BCUT2D eigenvalue weighted by molar-refractivity contribution is -0.150. The molecular weight excluding hydrogens is 381 g/mol. The highest BCUT2D eigenvalue weighted by Gasteiger charge is 2.53. The minimum Gasteiger partial charge on any atom is -0.481 e. The molecule has 2 atom stereocenters. The van der Waals surface area contributed by atoms with Crippen LogP contribution >= 0.6 is 22.6 Å². The monoisotopic (exact) mass is 401 g/mol. The fraction of sp³-hybridized carbons (Fsp3) is 0.500. The summed E-state index contributed by atoms with van der Waals surface area (Å²) in [6.45, 7) is 2.60. The van der Waals surface area contributed by atoms with Crippen molar-refractivity contribution in [3.05, 3.63) is 35.9 Å². The van der Waals surface area contributed by atoms with Gasteiger partial charge in [0.1, 0.15) is 0 Å². The number of nitrogens with zero attached hydrogens (tertiary/aromatic N) is 1. The fourth-order valence-electron chi connectivity index (χ4n) is 2.94. The molecule has 1 amide bonds. The highest BCUT2D eigenvalue weighted by molar-refractivity contribution is 14.1. The van der Waals surface area contributed by atoms with Crippen molar-refractivity contribution in [1.82, 2.24) is 4.90 Å². The maximum Gasteiger partial charge on any atom is 0.311 e. The van der Waals surface area contributed by atoms with E-state index in [4.69, 9.17) is 0 Å². The quantitative estimate of drug-likeness (QED) is 0.589. The molecule has 1 saturated heterocycles. The van der Waals surface area contributed by atoms with Gasteiger partial charge in [-0.25, -0.2) is 0 Å². The Hall–Kier alpha value is -1.11. The van der Waals surface area contributed by atoms with Gasteiger partial charge in [-0.2, -0.15) is 0 Å². The van der Waals surface area contributed by atoms with E-state index in [1.54, 1.807) is 11.8 Å². The van der Waals surface area contributed by atoms with Crippen LogP contribution in [0.15, 0.2) is 30.3 Å². The number of hydrogen-bond donors (Lipinski definition) is 1. The van der Waals surface area contributed by atoms with Gasteiger partial charge in [-0.15, -0.1) is 0 Å². The molecule has 0 aliphatic carbocycles. The smallest absolute Gasteiger partial charge is 0.311 e. The Morgan fingerprint density at radius 1 is 1.43 bits per heavy atom. The summed E-state index contributed by atoms with van der Waals surface area (Å²) in [5, 5.41) is 9.51. The first-order valence-corrected chi connectivity index (χ1v) is 8.63. The molecule has 1 aromatic rings. The summed E-state index contributed by atoms with van der Waals surface area (Å²) in [5.41, 5.74) is 0.207. The van der Waals surface area contributed by atoms with Crippen LogP contribution in [0.1, 0.15) is 18.9 Å². The van der Waals surface area contributed by atoms with Crippen molar-refractivity contribution < 1.29 is 14.7 Å². The number of carboxylic acids is 1. The minimum atomic E-state index is -0.959. The van der Waals surface area contributed by atoms with Gasteiger partial charge in [-0.1, -0.05) is 52.9 Å². The van der Waals surface area contributed by atoms with Crippen molar-refractivity contribution >= 4 is 34.5 Å². The molecule has 0 radical (unpaired) electrons. The van der Waals surface area contributed by atoms with Gasteiger partial charge in [0, 0.05) is 17.5 Å². The van der Waals surface area contributed by atoms with Gasteiger partial charge in [-0.05, 0) is 25.3 Å². The average Bonchev–Trinajstić information content (AvgIpc) is 2.72. The molecular formula is C16H20INO3. The van der Waals surface area contributed by atoms with Gasteiger partial charge in [0.15, 0.2) is 0 Å². The number of benzene rings is 1. The van der Waals surface area contributed by atoms with E-state index in [0.717, 1.165) is 10.8 Å². The van der Waals surface area contributed by atoms with Gasteiger partial charge in [0.25, 0.3) is 0 Å². The second kappa shape index (κ2) is 6.77. The van der Waals surface area contributed by atoms with Crippen molar-refractivity contribution in [2.45, 2.75) is 19.8 Å². The number of carbonyl (C=O) groups is 2. The van der Waals surface area contributed by atoms with Crippen molar-refractivity contribution in [1.29, 1.82) is 0 Å². The van der Waals surface area contributed by atoms with E-state index in [-0.39, 0.29) is 5.91 Å². The largest absolute Gasteiger partial charge is 0.481 e. The van der Waals surface area contributed by atoms with Gasteiger partial charge in [-0.3, -0.25) is 9.59 Å². The number of halogens is 1. The lowest BCUT2D eigenvalue weighted by Gasteiger charge is -2.23. The summed E-state index contributed by atoms with van der Waals surface area (Å²) in [6.07, 6.45) is 1.39. The third kappa shape index (κ3) is 3.39. The summed E-state index contributed by atoms with van der Waals surface area (Å²) in [6, 6.07) is 9.96. The molecule has 1 unspecified atom stereocenters. The van der Waals surface area contributed by atoms with Crippen LogP contribution in [0.2, 0.25) is 0 Å². The Labute approximate surface area is 138 Å². The van der Waals surface area contributed by atoms with Crippen LogP contribution in [0.4, 0.5) is 0 Å². The average molecular weight is 401 g/mol. The van der Waals surface area contributed by atoms with Crippen molar-refractivity contribution in [2.24, 2.45) is 11.3 Å². The summed E-state index contributed by atoms with van der Waals surface area (Å²) >= 11 is 2.20. The first kappa shape index (κ1) is 16.3. The van der Waals surface area contributed by atoms with Crippen LogP contribution in [0, 0.1) is 11.3 Å². The number of amides is 1. The van der Waals surface area contributed by atoms with Crippen LogP contribution in [-0.4, -0.2) is 39.4 Å². The van der Waals surface area contributed by atoms with E-state index >= 15 is 0 Å². The third-order valence-corrected chi connectivity index (χ3v) is 4.92. The Morgan fingerprint density at radius 2 is 2.10 bits per heavy atom. The SMILES string of the molecule is C[C@@]1(C(=O)O)CN(CCc2ccccc2)C(=O)C1CCI. The summed E-state index contributed by atoms with van der Waals surface area (Å²) in [7, 11) is 0. The first-order valence-electron chi connectivity index (χ1n) is 7.11. The number of carboxylic acid groups (broad SMARTS) is 1. The zero-order chi connectivity index (χ0) is 15.5. The number of aliphatic carboxylic acids is 1. The van der Waals surface area contributed by atoms with Crippen LogP contribution in [0.3, 0.4) is 0 Å². The molecule has 1 fully saturated rings. The predicted octanol–water partition coefficient (Wildman–Crippen LogP) is 2.60. The van der Waals surface area contributed by atoms with Gasteiger partial charge in [0.05, 0.1) is 11.3 Å². The molecule has 1 N–H and O–H groups in total. The van der Waals surface area contributed by atoms with Crippen LogP contribution in [-0.2, 0) is 16.0 Å². The van der Waals surface area contributed by atoms with E-state index in [1.165, 1.54) is 5.56 Å². The molecule has 5 heteroatoms. The third-order valence-electron chi connectivity index (χ3n) is 4.30. The molecule has 1 aliphatic heterocycles. The zero-order valence-electron chi connectivity index (χ0n) is 12.1. The van der Waals surface area contributed by atoms with E-state index in [2.05, 4.69) is 22.6 Å². The van der Waals surface area contributed by atoms with Crippen molar-refractivity contribution in [2.75, 3.05) is 17.5 Å². The molecule has 1 heterocycles. The molecule has 1 aliphatic rings. The molecule has 0 spiro atoms. The molecule has 4 nitrogen and oxygen atoms in total. The summed E-state index contributed by atoms with van der Waals surface area (Å²) in [4.78, 5) is 25.8. The summed E-state index contributed by atoms with van der Waals surface area (Å²) in [5.74, 6) is -1.27. The molecule has 0 aromatic heterocycles. The predicted molar refractivity (Wildman–Crippen MR) is 89.5 cm³/mol. The first-order chi connectivity index (χ1) is 9.99. The molecule has 21 heavy (non-hydrogen) atoms. The van der Waals surface area contributed by atoms with Crippen LogP contribution in [0.25, 0.3) is 0 Å². The van der Waals surface area contributed by atoms with Crippen LogP contribution in [0.5, 0.6) is 0 Å². The van der Waals surface area contributed by atoms with E-state index in [9.17, 15) is 14.7 Å². The van der Waals surface area contributed by atoms with Crippen molar-refractivity contribution in [3.63, 3.8) is 0 Å². The topological polar surface area (TPSA) is 57.6 Å². The van der Waals surface area contributed by atoms with E-state index in [0.29, 0.717) is 19.5 Å². The van der Waals surface area contributed by atoms with Gasteiger partial charge >= 0.3 is 5.97 Å².